The number of nitrogens with zero attached hydrogens (tertiary/aromatic N) is 1. The molecule has 1 atom stereocenters. The van der Waals surface area contributed by atoms with Crippen molar-refractivity contribution in [2.75, 3.05) is 13.1 Å². The van der Waals surface area contributed by atoms with E-state index in [0.717, 1.165) is 11.1 Å². The Labute approximate surface area is 121 Å². The molecular formula is C15H23NO3S. The summed E-state index contributed by atoms with van der Waals surface area (Å²) in [6, 6.07) is 5.19. The van der Waals surface area contributed by atoms with E-state index in [4.69, 9.17) is 0 Å². The van der Waals surface area contributed by atoms with E-state index in [9.17, 15) is 13.5 Å². The highest BCUT2D eigenvalue weighted by Crippen LogP contribution is 2.29. The highest BCUT2D eigenvalue weighted by molar-refractivity contribution is 7.89. The molecule has 2 rings (SSSR count). The molecule has 0 bridgehead atoms. The lowest BCUT2D eigenvalue weighted by Gasteiger charge is -2.37. The molecule has 1 aliphatic heterocycles. The van der Waals surface area contributed by atoms with Crippen LogP contribution in [0.25, 0.3) is 0 Å². The molecule has 1 N–H and O–H groups in total. The number of β-amino-alcohol motifs (C(OH)–C–C–N with tert-alkyl or cyclic N) is 1. The lowest BCUT2D eigenvalue weighted by molar-refractivity contribution is -0.0107. The number of aryl methyl sites for hydroxylation is 2. The van der Waals surface area contributed by atoms with E-state index in [1.165, 1.54) is 4.31 Å². The van der Waals surface area contributed by atoms with Crippen molar-refractivity contribution >= 4 is 10.0 Å². The Morgan fingerprint density at radius 2 is 2.00 bits per heavy atom. The van der Waals surface area contributed by atoms with Gasteiger partial charge in [0.2, 0.25) is 10.0 Å². The maximum absolute atomic E-state index is 12.7. The summed E-state index contributed by atoms with van der Waals surface area (Å²) in [6.07, 6.45) is 1.95. The molecule has 0 aromatic heterocycles. The molecule has 0 aliphatic carbocycles. The largest absolute Gasteiger partial charge is 0.389 e. The molecule has 1 aromatic carbocycles. The second-order valence-electron chi connectivity index (χ2n) is 5.77. The van der Waals surface area contributed by atoms with Crippen molar-refractivity contribution in [3.05, 3.63) is 29.3 Å². The van der Waals surface area contributed by atoms with E-state index in [1.807, 2.05) is 26.8 Å². The van der Waals surface area contributed by atoms with Crippen LogP contribution in [0.15, 0.2) is 23.1 Å². The summed E-state index contributed by atoms with van der Waals surface area (Å²) >= 11 is 0. The molecule has 0 saturated carbocycles. The van der Waals surface area contributed by atoms with Crippen molar-refractivity contribution in [3.63, 3.8) is 0 Å². The number of piperidine rings is 1. The summed E-state index contributed by atoms with van der Waals surface area (Å²) in [6.45, 7) is 6.44. The molecular weight excluding hydrogens is 274 g/mol. The Hall–Kier alpha value is -0.910. The van der Waals surface area contributed by atoms with Gasteiger partial charge in [-0.15, -0.1) is 0 Å². The Morgan fingerprint density at radius 3 is 2.60 bits per heavy atom. The zero-order valence-electron chi connectivity index (χ0n) is 12.4. The van der Waals surface area contributed by atoms with Crippen LogP contribution < -0.4 is 0 Å². The number of rotatable bonds is 3. The smallest absolute Gasteiger partial charge is 0.243 e. The third kappa shape index (κ3) is 2.90. The minimum absolute atomic E-state index is 0.193. The van der Waals surface area contributed by atoms with Gasteiger partial charge < -0.3 is 5.11 Å². The fourth-order valence-corrected chi connectivity index (χ4v) is 4.23. The van der Waals surface area contributed by atoms with E-state index in [-0.39, 0.29) is 6.54 Å². The molecule has 1 unspecified atom stereocenters. The third-order valence-electron chi connectivity index (χ3n) is 4.29. The van der Waals surface area contributed by atoms with Crippen LogP contribution >= 0.6 is 0 Å². The van der Waals surface area contributed by atoms with Gasteiger partial charge in [-0.1, -0.05) is 13.0 Å². The molecule has 1 aromatic rings. The highest BCUT2D eigenvalue weighted by Gasteiger charge is 2.37. The number of hydrogen-bond acceptors (Lipinski definition) is 3. The molecule has 1 saturated heterocycles. The van der Waals surface area contributed by atoms with Gasteiger partial charge in [-0.2, -0.15) is 4.31 Å². The van der Waals surface area contributed by atoms with Gasteiger partial charge in [-0.3, -0.25) is 0 Å². The van der Waals surface area contributed by atoms with Gasteiger partial charge in [-0.05, 0) is 56.4 Å². The van der Waals surface area contributed by atoms with E-state index >= 15 is 0 Å². The number of sulfonamides is 1. The fraction of sp³-hybridized carbons (Fsp3) is 0.600. The van der Waals surface area contributed by atoms with E-state index < -0.39 is 15.6 Å². The van der Waals surface area contributed by atoms with Crippen LogP contribution in [0.5, 0.6) is 0 Å². The average molecular weight is 297 g/mol. The first-order chi connectivity index (χ1) is 9.28. The summed E-state index contributed by atoms with van der Waals surface area (Å²) in [5.74, 6) is 0. The minimum atomic E-state index is -3.51. The second kappa shape index (κ2) is 5.47. The number of benzene rings is 1. The maximum Gasteiger partial charge on any atom is 0.243 e. The Balaban J connectivity index is 2.32. The van der Waals surface area contributed by atoms with Crippen LogP contribution in [0, 0.1) is 13.8 Å². The molecule has 0 spiro atoms. The van der Waals surface area contributed by atoms with Gasteiger partial charge in [0, 0.05) is 13.1 Å². The van der Waals surface area contributed by atoms with Crippen LogP contribution in [0.2, 0.25) is 0 Å². The first kappa shape index (κ1) is 15.5. The molecule has 20 heavy (non-hydrogen) atoms. The molecule has 1 aliphatic rings. The second-order valence-corrected chi connectivity index (χ2v) is 7.70. The fourth-order valence-electron chi connectivity index (χ4n) is 2.59. The normalized spacial score (nSPS) is 24.8. The zero-order valence-corrected chi connectivity index (χ0v) is 13.2. The van der Waals surface area contributed by atoms with Crippen molar-refractivity contribution in [1.29, 1.82) is 0 Å². The zero-order chi connectivity index (χ0) is 15.0. The summed E-state index contributed by atoms with van der Waals surface area (Å²) in [5.41, 5.74) is 1.16. The van der Waals surface area contributed by atoms with Gasteiger partial charge >= 0.3 is 0 Å². The van der Waals surface area contributed by atoms with Crippen LogP contribution in [-0.2, 0) is 10.0 Å². The quantitative estimate of drug-likeness (QED) is 0.931. The van der Waals surface area contributed by atoms with Gasteiger partial charge in [0.05, 0.1) is 10.5 Å². The predicted octanol–water partition coefficient (Wildman–Crippen LogP) is 2.23. The lowest BCUT2D eigenvalue weighted by atomic mass is 9.92. The van der Waals surface area contributed by atoms with E-state index in [1.54, 1.807) is 12.1 Å². The van der Waals surface area contributed by atoms with Gasteiger partial charge in [0.1, 0.15) is 0 Å². The standard InChI is InChI=1S/C15H23NO3S/c1-4-15(17)8-5-9-16(11-15)20(18,19)14-7-6-12(2)13(3)10-14/h6-7,10,17H,4-5,8-9,11H2,1-3H3. The summed E-state index contributed by atoms with van der Waals surface area (Å²) in [7, 11) is -3.51. The van der Waals surface area contributed by atoms with Crippen molar-refractivity contribution in [3.8, 4) is 0 Å². The van der Waals surface area contributed by atoms with Crippen LogP contribution in [0.1, 0.15) is 37.3 Å². The van der Waals surface area contributed by atoms with Gasteiger partial charge in [-0.25, -0.2) is 8.42 Å². The molecule has 1 fully saturated rings. The lowest BCUT2D eigenvalue weighted by Crippen LogP contribution is -2.49. The van der Waals surface area contributed by atoms with E-state index in [2.05, 4.69) is 0 Å². The molecule has 4 nitrogen and oxygen atoms in total. The molecule has 5 heteroatoms. The van der Waals surface area contributed by atoms with Gasteiger partial charge in [0.15, 0.2) is 0 Å². The monoisotopic (exact) mass is 297 g/mol. The van der Waals surface area contributed by atoms with Crippen molar-refractivity contribution in [2.45, 2.75) is 50.5 Å². The summed E-state index contributed by atoms with van der Waals surface area (Å²) in [4.78, 5) is 0.320. The Morgan fingerprint density at radius 1 is 1.30 bits per heavy atom. The first-order valence-electron chi connectivity index (χ1n) is 7.08. The number of hydrogen-bond donors (Lipinski definition) is 1. The average Bonchev–Trinajstić information content (AvgIpc) is 2.42. The van der Waals surface area contributed by atoms with Crippen molar-refractivity contribution in [1.82, 2.24) is 4.31 Å². The summed E-state index contributed by atoms with van der Waals surface area (Å²) < 4.78 is 26.8. The first-order valence-corrected chi connectivity index (χ1v) is 8.52. The highest BCUT2D eigenvalue weighted by atomic mass is 32.2. The Kier molecular flexibility index (Phi) is 4.23. The molecule has 0 radical (unpaired) electrons. The molecule has 112 valence electrons. The van der Waals surface area contributed by atoms with Crippen LogP contribution in [0.4, 0.5) is 0 Å². The maximum atomic E-state index is 12.7. The predicted molar refractivity (Wildman–Crippen MR) is 79.1 cm³/mol. The van der Waals surface area contributed by atoms with Gasteiger partial charge in [0.25, 0.3) is 0 Å². The SMILES string of the molecule is CCC1(O)CCCN(S(=O)(=O)c2ccc(C)c(C)c2)C1. The van der Waals surface area contributed by atoms with Crippen LogP contribution in [0.3, 0.4) is 0 Å². The van der Waals surface area contributed by atoms with E-state index in [0.29, 0.717) is 30.7 Å². The van der Waals surface area contributed by atoms with Crippen molar-refractivity contribution in [2.24, 2.45) is 0 Å². The molecule has 1 heterocycles. The third-order valence-corrected chi connectivity index (χ3v) is 6.14. The number of aliphatic hydroxyl groups is 1. The van der Waals surface area contributed by atoms with Crippen molar-refractivity contribution < 1.29 is 13.5 Å². The summed E-state index contributed by atoms with van der Waals surface area (Å²) in [5, 5.41) is 10.4. The molecule has 0 amide bonds. The minimum Gasteiger partial charge on any atom is -0.389 e. The topological polar surface area (TPSA) is 57.6 Å². The van der Waals surface area contributed by atoms with Crippen LogP contribution in [-0.4, -0.2) is 36.5 Å². The Bertz CT molecular complexity index is 597.